The van der Waals surface area contributed by atoms with Crippen molar-refractivity contribution in [3.05, 3.63) is 35.4 Å². The normalized spacial score (nSPS) is 25.6. The summed E-state index contributed by atoms with van der Waals surface area (Å²) in [5, 5.41) is 6.77. The number of methoxy groups -OCH3 is 1. The summed E-state index contributed by atoms with van der Waals surface area (Å²) in [4.78, 5) is 12.6. The zero-order chi connectivity index (χ0) is 14.9. The van der Waals surface area contributed by atoms with Crippen LogP contribution in [0.1, 0.15) is 42.9 Å². The highest BCUT2D eigenvalue weighted by atomic mass is 32.1. The van der Waals surface area contributed by atoms with Crippen LogP contribution in [-0.4, -0.2) is 23.6 Å². The van der Waals surface area contributed by atoms with Crippen LogP contribution < -0.4 is 10.6 Å². The molecule has 1 fully saturated rings. The summed E-state index contributed by atoms with van der Waals surface area (Å²) in [7, 11) is 1.39. The van der Waals surface area contributed by atoms with Crippen LogP contribution in [0.25, 0.3) is 0 Å². The Morgan fingerprint density at radius 1 is 1.40 bits per heavy atom. The highest BCUT2D eigenvalue weighted by Crippen LogP contribution is 2.30. The van der Waals surface area contributed by atoms with Crippen LogP contribution in [0.4, 0.5) is 0 Å². The Hall–Kier alpha value is -1.46. The van der Waals surface area contributed by atoms with Crippen LogP contribution in [0.5, 0.6) is 0 Å². The molecular weight excluding hydrogens is 272 g/mol. The molecule has 0 bridgehead atoms. The molecule has 1 aliphatic heterocycles. The lowest BCUT2D eigenvalue weighted by molar-refractivity contribution is 0.0598. The molecule has 1 aromatic carbocycles. The molecule has 1 aromatic rings. The zero-order valence-electron chi connectivity index (χ0n) is 12.2. The Kier molecular flexibility index (Phi) is 4.11. The van der Waals surface area contributed by atoms with E-state index in [1.165, 1.54) is 7.11 Å². The second kappa shape index (κ2) is 5.50. The Morgan fingerprint density at radius 2 is 2.05 bits per heavy atom. The quantitative estimate of drug-likeness (QED) is 0.662. The number of carbonyl (C=O) groups is 1. The summed E-state index contributed by atoms with van der Waals surface area (Å²) in [6.07, 6.45) is -0.176. The van der Waals surface area contributed by atoms with Crippen LogP contribution in [0.15, 0.2) is 24.3 Å². The lowest BCUT2D eigenvalue weighted by Crippen LogP contribution is -2.47. The van der Waals surface area contributed by atoms with Crippen molar-refractivity contribution < 1.29 is 9.53 Å². The van der Waals surface area contributed by atoms with E-state index in [1.807, 2.05) is 18.2 Å². The third-order valence-corrected chi connectivity index (χ3v) is 4.56. The summed E-state index contributed by atoms with van der Waals surface area (Å²) in [6, 6.07) is 7.40. The molecule has 0 aliphatic carbocycles. The van der Waals surface area contributed by atoms with Crippen LogP contribution in [0, 0.1) is 5.92 Å². The van der Waals surface area contributed by atoms with E-state index in [4.69, 9.17) is 17.0 Å². The summed E-state index contributed by atoms with van der Waals surface area (Å²) in [5.74, 6) is 0.00561. The molecule has 0 aromatic heterocycles. The number of nitrogens with one attached hydrogen (secondary N) is 2. The molecule has 2 atom stereocenters. The van der Waals surface area contributed by atoms with Gasteiger partial charge in [-0.05, 0) is 18.9 Å². The average molecular weight is 292 g/mol. The molecule has 2 rings (SSSR count). The summed E-state index contributed by atoms with van der Waals surface area (Å²) in [5.41, 5.74) is 1.13. The predicted octanol–water partition coefficient (Wildman–Crippen LogP) is 2.41. The van der Waals surface area contributed by atoms with Gasteiger partial charge in [-0.1, -0.05) is 44.3 Å². The highest BCUT2D eigenvalue weighted by Gasteiger charge is 2.42. The molecule has 4 nitrogen and oxygen atoms in total. The Balaban J connectivity index is 2.36. The number of hydrogen-bond acceptors (Lipinski definition) is 4. The fourth-order valence-electron chi connectivity index (χ4n) is 2.31. The molecule has 0 amide bonds. The second-order valence-corrected chi connectivity index (χ2v) is 5.89. The van der Waals surface area contributed by atoms with Crippen LogP contribution in [-0.2, 0) is 4.74 Å². The first kappa shape index (κ1) is 14.9. The first-order valence-electron chi connectivity index (χ1n) is 6.66. The van der Waals surface area contributed by atoms with Gasteiger partial charge in [0.2, 0.25) is 0 Å². The van der Waals surface area contributed by atoms with Gasteiger partial charge >= 0.3 is 5.97 Å². The van der Waals surface area contributed by atoms with Crippen molar-refractivity contribution in [3.8, 4) is 0 Å². The Morgan fingerprint density at radius 3 is 2.60 bits per heavy atom. The minimum Gasteiger partial charge on any atom is -0.465 e. The monoisotopic (exact) mass is 292 g/mol. The highest BCUT2D eigenvalue weighted by molar-refractivity contribution is 7.80. The smallest absolute Gasteiger partial charge is 0.338 e. The minimum absolute atomic E-state index is 0.176. The maximum atomic E-state index is 11.9. The maximum absolute atomic E-state index is 11.9. The zero-order valence-corrected chi connectivity index (χ0v) is 13.0. The number of thiocarbonyl (C=S) groups is 1. The van der Waals surface area contributed by atoms with Gasteiger partial charge in [-0.3, -0.25) is 5.32 Å². The molecule has 0 saturated carbocycles. The number of hydrogen-bond donors (Lipinski definition) is 2. The number of benzene rings is 1. The topological polar surface area (TPSA) is 50.4 Å². The third kappa shape index (κ3) is 2.43. The van der Waals surface area contributed by atoms with E-state index in [1.54, 1.807) is 6.07 Å². The van der Waals surface area contributed by atoms with E-state index >= 15 is 0 Å². The fraction of sp³-hybridized carbons (Fsp3) is 0.467. The summed E-state index contributed by atoms with van der Waals surface area (Å²) >= 11 is 5.45. The molecule has 1 saturated heterocycles. The Bertz CT molecular complexity index is 544. The number of ether oxygens (including phenoxy) is 1. The lowest BCUT2D eigenvalue weighted by atomic mass is 9.89. The molecule has 5 heteroatoms. The standard InChI is InChI=1S/C15H20N2O2S/c1-9(2)15(3)14(20)16-12(17-15)10-7-5-6-8-11(10)13(18)19-4/h5-9,12,17H,1-4H3,(H,16,20)/t12-,15-/m1/s1. The van der Waals surface area contributed by atoms with E-state index in [9.17, 15) is 4.79 Å². The van der Waals surface area contributed by atoms with Gasteiger partial charge in [-0.2, -0.15) is 0 Å². The largest absolute Gasteiger partial charge is 0.465 e. The lowest BCUT2D eigenvalue weighted by Gasteiger charge is -2.28. The molecule has 1 aliphatic rings. The molecule has 0 radical (unpaired) electrons. The SMILES string of the molecule is COC(=O)c1ccccc1[C@@H]1NC(=S)[C@@](C)(C(C)C)N1. The molecule has 0 spiro atoms. The second-order valence-electron chi connectivity index (χ2n) is 5.49. The molecule has 108 valence electrons. The van der Waals surface area contributed by atoms with Gasteiger partial charge in [-0.15, -0.1) is 0 Å². The number of esters is 1. The van der Waals surface area contributed by atoms with Crippen molar-refractivity contribution in [2.45, 2.75) is 32.5 Å². The number of carbonyl (C=O) groups excluding carboxylic acids is 1. The van der Waals surface area contributed by atoms with Crippen molar-refractivity contribution in [2.24, 2.45) is 5.92 Å². The molecule has 1 heterocycles. The van der Waals surface area contributed by atoms with Crippen molar-refractivity contribution in [2.75, 3.05) is 7.11 Å². The van der Waals surface area contributed by atoms with Crippen LogP contribution in [0.3, 0.4) is 0 Å². The molecule has 20 heavy (non-hydrogen) atoms. The van der Waals surface area contributed by atoms with Gasteiger partial charge in [0.25, 0.3) is 0 Å². The Labute approximate surface area is 124 Å². The predicted molar refractivity (Wildman–Crippen MR) is 82.6 cm³/mol. The van der Waals surface area contributed by atoms with Crippen molar-refractivity contribution in [1.29, 1.82) is 0 Å². The molecule has 0 unspecified atom stereocenters. The van der Waals surface area contributed by atoms with Crippen molar-refractivity contribution in [1.82, 2.24) is 10.6 Å². The van der Waals surface area contributed by atoms with Crippen molar-refractivity contribution >= 4 is 23.2 Å². The van der Waals surface area contributed by atoms with E-state index in [0.29, 0.717) is 11.5 Å². The maximum Gasteiger partial charge on any atom is 0.338 e. The van der Waals surface area contributed by atoms with Gasteiger partial charge < -0.3 is 10.1 Å². The van der Waals surface area contributed by atoms with E-state index in [0.717, 1.165) is 10.6 Å². The van der Waals surface area contributed by atoms with Gasteiger partial charge in [0.05, 0.1) is 23.2 Å². The minimum atomic E-state index is -0.340. The van der Waals surface area contributed by atoms with Gasteiger partial charge in [-0.25, -0.2) is 4.79 Å². The van der Waals surface area contributed by atoms with E-state index in [-0.39, 0.29) is 17.7 Å². The number of rotatable bonds is 3. The molecular formula is C15H20N2O2S. The fourth-order valence-corrected chi connectivity index (χ4v) is 2.72. The first-order valence-corrected chi connectivity index (χ1v) is 7.07. The van der Waals surface area contributed by atoms with Gasteiger partial charge in [0.15, 0.2) is 0 Å². The van der Waals surface area contributed by atoms with Crippen LogP contribution >= 0.6 is 12.2 Å². The van der Waals surface area contributed by atoms with E-state index < -0.39 is 0 Å². The summed E-state index contributed by atoms with van der Waals surface area (Å²) in [6.45, 7) is 6.32. The third-order valence-electron chi connectivity index (χ3n) is 4.02. The van der Waals surface area contributed by atoms with Gasteiger partial charge in [0.1, 0.15) is 6.17 Å². The van der Waals surface area contributed by atoms with Gasteiger partial charge in [0, 0.05) is 5.56 Å². The van der Waals surface area contributed by atoms with Crippen molar-refractivity contribution in [3.63, 3.8) is 0 Å². The first-order chi connectivity index (χ1) is 9.40. The van der Waals surface area contributed by atoms with E-state index in [2.05, 4.69) is 31.4 Å². The molecule has 2 N–H and O–H groups in total. The van der Waals surface area contributed by atoms with Crippen LogP contribution in [0.2, 0.25) is 0 Å². The summed E-state index contributed by atoms with van der Waals surface area (Å²) < 4.78 is 4.84. The average Bonchev–Trinajstić information content (AvgIpc) is 2.75.